The van der Waals surface area contributed by atoms with Crippen LogP contribution in [-0.2, 0) is 14.3 Å². The molecule has 0 amide bonds. The van der Waals surface area contributed by atoms with E-state index in [1.165, 1.54) is 0 Å². The van der Waals surface area contributed by atoms with Crippen LogP contribution in [0.25, 0.3) is 0 Å². The molecule has 3 heteroatoms. The van der Waals surface area contributed by atoms with E-state index in [0.717, 1.165) is 0 Å². The molecule has 0 aromatic rings. The zero-order valence-electron chi connectivity index (χ0n) is 6.14. The molecule has 0 atom stereocenters. The molecule has 0 aliphatic carbocycles. The highest BCUT2D eigenvalue weighted by molar-refractivity contribution is 6.00. The van der Waals surface area contributed by atoms with Crippen molar-refractivity contribution < 1.29 is 14.3 Å². The fourth-order valence-corrected chi connectivity index (χ4v) is 0.763. The molecule has 56 valence electrons. The van der Waals surface area contributed by atoms with Crippen LogP contribution in [-0.4, -0.2) is 18.4 Å². The van der Waals surface area contributed by atoms with Crippen LogP contribution in [0.5, 0.6) is 0 Å². The van der Waals surface area contributed by atoms with Gasteiger partial charge in [0, 0.05) is 0 Å². The Morgan fingerprint density at radius 2 is 2.00 bits per heavy atom. The molecule has 0 unspecified atom stereocenters. The Bertz CT molecular complexity index is 181. The normalized spacial score (nSPS) is 24.2. The third kappa shape index (κ3) is 1.17. The summed E-state index contributed by atoms with van der Waals surface area (Å²) in [6.07, 6.45) is -0.0625. The number of rotatable bonds is 0. The van der Waals surface area contributed by atoms with Crippen LogP contribution in [0.4, 0.5) is 0 Å². The first-order chi connectivity index (χ1) is 4.52. The summed E-state index contributed by atoms with van der Waals surface area (Å²) in [5, 5.41) is 0. The van der Waals surface area contributed by atoms with Crippen molar-refractivity contribution in [3.63, 3.8) is 0 Å². The molecular formula is C7H10O3. The van der Waals surface area contributed by atoms with E-state index in [0.29, 0.717) is 0 Å². The summed E-state index contributed by atoms with van der Waals surface area (Å²) in [6.45, 7) is 3.79. The Kier molecular flexibility index (Phi) is 1.50. The maximum absolute atomic E-state index is 11.0. The molecule has 3 nitrogen and oxygen atoms in total. The van der Waals surface area contributed by atoms with E-state index in [1.54, 1.807) is 13.8 Å². The van der Waals surface area contributed by atoms with Crippen LogP contribution < -0.4 is 0 Å². The van der Waals surface area contributed by atoms with Crippen LogP contribution in [0.3, 0.4) is 0 Å². The van der Waals surface area contributed by atoms with Crippen molar-refractivity contribution in [2.45, 2.75) is 20.3 Å². The third-order valence-electron chi connectivity index (χ3n) is 1.65. The lowest BCUT2D eigenvalue weighted by atomic mass is 9.86. The standard InChI is InChI=1S/C7H10O3/c1-7(2)4-10-6(9)3-5(7)8/h3-4H2,1-2H3. The number of esters is 1. The van der Waals surface area contributed by atoms with Gasteiger partial charge in [-0.1, -0.05) is 0 Å². The fraction of sp³-hybridized carbons (Fsp3) is 0.714. The first-order valence-corrected chi connectivity index (χ1v) is 3.21. The molecule has 0 spiro atoms. The Labute approximate surface area is 59.4 Å². The van der Waals surface area contributed by atoms with Crippen LogP contribution in [0.1, 0.15) is 20.3 Å². The summed E-state index contributed by atoms with van der Waals surface area (Å²) >= 11 is 0. The molecular weight excluding hydrogens is 132 g/mol. The van der Waals surface area contributed by atoms with Gasteiger partial charge in [0.1, 0.15) is 13.0 Å². The third-order valence-corrected chi connectivity index (χ3v) is 1.65. The van der Waals surface area contributed by atoms with Gasteiger partial charge < -0.3 is 4.74 Å². The lowest BCUT2D eigenvalue weighted by molar-refractivity contribution is -0.159. The van der Waals surface area contributed by atoms with Gasteiger partial charge in [-0.05, 0) is 13.8 Å². The van der Waals surface area contributed by atoms with Crippen LogP contribution in [0.2, 0.25) is 0 Å². The highest BCUT2D eigenvalue weighted by atomic mass is 16.5. The van der Waals surface area contributed by atoms with E-state index in [2.05, 4.69) is 0 Å². The second kappa shape index (κ2) is 2.08. The molecule has 1 fully saturated rings. The van der Waals surface area contributed by atoms with Crippen molar-refractivity contribution in [1.82, 2.24) is 0 Å². The SMILES string of the molecule is CC1(C)COC(=O)CC1=O. The largest absolute Gasteiger partial charge is 0.464 e. The topological polar surface area (TPSA) is 43.4 Å². The first kappa shape index (κ1) is 7.25. The minimum Gasteiger partial charge on any atom is -0.464 e. The van der Waals surface area contributed by atoms with Crippen molar-refractivity contribution in [3.05, 3.63) is 0 Å². The summed E-state index contributed by atoms with van der Waals surface area (Å²) in [5.74, 6) is -0.423. The monoisotopic (exact) mass is 142 g/mol. The second-order valence-corrected chi connectivity index (χ2v) is 3.14. The van der Waals surface area contributed by atoms with E-state index in [1.807, 2.05) is 0 Å². The fourth-order valence-electron chi connectivity index (χ4n) is 0.763. The lowest BCUT2D eigenvalue weighted by Gasteiger charge is -2.26. The summed E-state index contributed by atoms with van der Waals surface area (Å²) < 4.78 is 4.70. The quantitative estimate of drug-likeness (QED) is 0.366. The van der Waals surface area contributed by atoms with Gasteiger partial charge in [0.15, 0.2) is 5.78 Å². The zero-order chi connectivity index (χ0) is 7.78. The van der Waals surface area contributed by atoms with E-state index in [9.17, 15) is 9.59 Å². The van der Waals surface area contributed by atoms with Gasteiger partial charge in [-0.2, -0.15) is 0 Å². The number of hydrogen-bond acceptors (Lipinski definition) is 3. The minimum atomic E-state index is -0.464. The predicted octanol–water partition coefficient (Wildman–Crippen LogP) is 0.529. The van der Waals surface area contributed by atoms with Gasteiger partial charge in [0.25, 0.3) is 0 Å². The number of ether oxygens (including phenoxy) is 1. The highest BCUT2D eigenvalue weighted by Crippen LogP contribution is 2.23. The highest BCUT2D eigenvalue weighted by Gasteiger charge is 2.35. The zero-order valence-corrected chi connectivity index (χ0v) is 6.14. The van der Waals surface area contributed by atoms with Crippen LogP contribution in [0, 0.1) is 5.41 Å². The van der Waals surface area contributed by atoms with Crippen molar-refractivity contribution >= 4 is 11.8 Å². The minimum absolute atomic E-state index is 0.0243. The van der Waals surface area contributed by atoms with Gasteiger partial charge in [-0.3, -0.25) is 9.59 Å². The summed E-state index contributed by atoms with van der Waals surface area (Å²) in [6, 6.07) is 0. The summed E-state index contributed by atoms with van der Waals surface area (Å²) in [5.41, 5.74) is -0.464. The molecule has 1 aliphatic rings. The van der Waals surface area contributed by atoms with Gasteiger partial charge in [-0.15, -0.1) is 0 Å². The van der Waals surface area contributed by atoms with Crippen molar-refractivity contribution in [3.8, 4) is 0 Å². The second-order valence-electron chi connectivity index (χ2n) is 3.14. The number of hydrogen-bond donors (Lipinski definition) is 0. The molecule has 1 aliphatic heterocycles. The molecule has 1 rings (SSSR count). The number of ketones is 1. The van der Waals surface area contributed by atoms with E-state index in [-0.39, 0.29) is 18.8 Å². The van der Waals surface area contributed by atoms with E-state index < -0.39 is 11.4 Å². The molecule has 0 aromatic heterocycles. The maximum atomic E-state index is 11.0. The van der Waals surface area contributed by atoms with Gasteiger partial charge >= 0.3 is 5.97 Å². The number of cyclic esters (lactones) is 1. The Balaban J connectivity index is 2.70. The van der Waals surface area contributed by atoms with Crippen molar-refractivity contribution in [2.24, 2.45) is 5.41 Å². The summed E-state index contributed by atoms with van der Waals surface area (Å²) in [4.78, 5) is 21.5. The Morgan fingerprint density at radius 3 is 2.40 bits per heavy atom. The van der Waals surface area contributed by atoms with E-state index in [4.69, 9.17) is 4.74 Å². The molecule has 1 saturated heterocycles. The van der Waals surface area contributed by atoms with Crippen molar-refractivity contribution in [2.75, 3.05) is 6.61 Å². The predicted molar refractivity (Wildman–Crippen MR) is 34.4 cm³/mol. The van der Waals surface area contributed by atoms with Crippen LogP contribution in [0.15, 0.2) is 0 Å². The Morgan fingerprint density at radius 1 is 1.40 bits per heavy atom. The molecule has 0 radical (unpaired) electrons. The molecule has 10 heavy (non-hydrogen) atoms. The number of Topliss-reactive ketones (excluding diaryl/α,β-unsaturated/α-hetero) is 1. The average molecular weight is 142 g/mol. The van der Waals surface area contributed by atoms with Gasteiger partial charge in [-0.25, -0.2) is 0 Å². The van der Waals surface area contributed by atoms with Crippen LogP contribution >= 0.6 is 0 Å². The average Bonchev–Trinajstić information content (AvgIpc) is 1.81. The van der Waals surface area contributed by atoms with E-state index >= 15 is 0 Å². The first-order valence-electron chi connectivity index (χ1n) is 3.21. The van der Waals surface area contributed by atoms with Gasteiger partial charge in [0.05, 0.1) is 5.41 Å². The number of carbonyl (C=O) groups is 2. The molecule has 0 aromatic carbocycles. The van der Waals surface area contributed by atoms with Crippen molar-refractivity contribution in [1.29, 1.82) is 0 Å². The summed E-state index contributed by atoms with van der Waals surface area (Å²) in [7, 11) is 0. The molecule has 0 bridgehead atoms. The number of carbonyl (C=O) groups excluding carboxylic acids is 2. The van der Waals surface area contributed by atoms with Gasteiger partial charge in [0.2, 0.25) is 0 Å². The lowest BCUT2D eigenvalue weighted by Crippen LogP contribution is -2.37. The maximum Gasteiger partial charge on any atom is 0.313 e. The molecule has 0 saturated carbocycles. The molecule has 0 N–H and O–H groups in total. The molecule has 1 heterocycles. The smallest absolute Gasteiger partial charge is 0.313 e. The Hall–Kier alpha value is -0.860.